The fraction of sp³-hybridized carbons (Fsp3) is 0.0952. The van der Waals surface area contributed by atoms with Crippen molar-refractivity contribution in [3.63, 3.8) is 0 Å². The first-order valence-corrected chi connectivity index (χ1v) is 8.62. The predicted octanol–water partition coefficient (Wildman–Crippen LogP) is 4.10. The third-order valence-electron chi connectivity index (χ3n) is 4.33. The zero-order chi connectivity index (χ0) is 19.7. The molecule has 4 rings (SSSR count). The van der Waals surface area contributed by atoms with Gasteiger partial charge in [0.05, 0.1) is 24.7 Å². The van der Waals surface area contributed by atoms with Crippen LogP contribution in [0.4, 0.5) is 10.1 Å². The van der Waals surface area contributed by atoms with Crippen molar-refractivity contribution in [1.29, 1.82) is 0 Å². The lowest BCUT2D eigenvalue weighted by Crippen LogP contribution is -2.13. The molecule has 4 aromatic rings. The normalized spacial score (nSPS) is 10.8. The Hall–Kier alpha value is -3.74. The summed E-state index contributed by atoms with van der Waals surface area (Å²) in [5.74, 6) is -0.438. The van der Waals surface area contributed by atoms with Crippen molar-refractivity contribution >= 4 is 17.2 Å². The van der Waals surface area contributed by atoms with Gasteiger partial charge in [0.15, 0.2) is 5.65 Å². The van der Waals surface area contributed by atoms with Crippen LogP contribution in [0, 0.1) is 12.7 Å². The van der Waals surface area contributed by atoms with Crippen molar-refractivity contribution in [2.75, 3.05) is 12.4 Å². The molecule has 0 unspecified atom stereocenters. The van der Waals surface area contributed by atoms with E-state index in [9.17, 15) is 9.18 Å². The molecule has 2 aromatic heterocycles. The minimum Gasteiger partial charge on any atom is -0.480 e. The van der Waals surface area contributed by atoms with Gasteiger partial charge in [-0.15, -0.1) is 5.10 Å². The van der Waals surface area contributed by atoms with Gasteiger partial charge in [-0.2, -0.15) is 0 Å². The fourth-order valence-electron chi connectivity index (χ4n) is 2.79. The highest BCUT2D eigenvalue weighted by Gasteiger charge is 2.13. The lowest BCUT2D eigenvalue weighted by Gasteiger charge is -2.08. The van der Waals surface area contributed by atoms with E-state index in [4.69, 9.17) is 4.74 Å². The molecule has 1 amide bonds. The molecule has 2 aromatic carbocycles. The molecule has 0 fully saturated rings. The topological polar surface area (TPSA) is 68.5 Å². The number of ether oxygens (including phenoxy) is 1. The summed E-state index contributed by atoms with van der Waals surface area (Å²) >= 11 is 0. The maximum absolute atomic E-state index is 14.3. The number of fused-ring (bicyclic) bond motifs is 1. The van der Waals surface area contributed by atoms with Gasteiger partial charge in [-0.3, -0.25) is 4.79 Å². The van der Waals surface area contributed by atoms with Crippen molar-refractivity contribution in [2.24, 2.45) is 0 Å². The number of carbonyl (C=O) groups is 1. The van der Waals surface area contributed by atoms with Gasteiger partial charge in [-0.05, 0) is 43.3 Å². The standard InChI is InChI=1S/C21H17FN4O2/c1-13-3-5-14(6-4-13)21(27)24-17-11-15(7-8-16(17)22)18-12-26-19(23-18)9-10-20(25-26)28-2/h3-12H,1-2H3,(H,24,27). The quantitative estimate of drug-likeness (QED) is 0.582. The number of hydrogen-bond donors (Lipinski definition) is 1. The lowest BCUT2D eigenvalue weighted by atomic mass is 10.1. The largest absolute Gasteiger partial charge is 0.480 e. The van der Waals surface area contributed by atoms with Crippen LogP contribution >= 0.6 is 0 Å². The molecule has 28 heavy (non-hydrogen) atoms. The number of carbonyl (C=O) groups excluding carboxylic acids is 1. The van der Waals surface area contributed by atoms with E-state index in [1.807, 2.05) is 19.1 Å². The van der Waals surface area contributed by atoms with E-state index >= 15 is 0 Å². The van der Waals surface area contributed by atoms with Gasteiger partial charge in [0.25, 0.3) is 5.91 Å². The molecule has 0 aliphatic rings. The Morgan fingerprint density at radius 3 is 2.64 bits per heavy atom. The number of nitrogens with zero attached hydrogens (tertiary/aromatic N) is 3. The van der Waals surface area contributed by atoms with Crippen LogP contribution in [-0.2, 0) is 0 Å². The number of aromatic nitrogens is 3. The molecule has 0 atom stereocenters. The molecule has 0 saturated heterocycles. The second-order valence-electron chi connectivity index (χ2n) is 6.32. The van der Waals surface area contributed by atoms with Crippen molar-refractivity contribution in [3.8, 4) is 17.1 Å². The number of aryl methyl sites for hydroxylation is 1. The second kappa shape index (κ2) is 7.11. The Balaban J connectivity index is 1.65. The average molecular weight is 376 g/mol. The summed E-state index contributed by atoms with van der Waals surface area (Å²) < 4.78 is 21.0. The number of rotatable bonds is 4. The monoisotopic (exact) mass is 376 g/mol. The second-order valence-corrected chi connectivity index (χ2v) is 6.32. The van der Waals surface area contributed by atoms with Gasteiger partial charge in [0, 0.05) is 17.2 Å². The molecule has 0 saturated carbocycles. The summed E-state index contributed by atoms with van der Waals surface area (Å²) in [4.78, 5) is 16.9. The van der Waals surface area contributed by atoms with E-state index in [1.165, 1.54) is 13.2 Å². The third kappa shape index (κ3) is 3.42. The maximum Gasteiger partial charge on any atom is 0.255 e. The van der Waals surface area contributed by atoms with Crippen molar-refractivity contribution < 1.29 is 13.9 Å². The highest BCUT2D eigenvalue weighted by atomic mass is 19.1. The van der Waals surface area contributed by atoms with E-state index in [0.29, 0.717) is 28.3 Å². The first kappa shape index (κ1) is 17.7. The summed E-state index contributed by atoms with van der Waals surface area (Å²) in [6.07, 6.45) is 1.72. The highest BCUT2D eigenvalue weighted by Crippen LogP contribution is 2.25. The van der Waals surface area contributed by atoms with Gasteiger partial charge in [-0.25, -0.2) is 13.9 Å². The fourth-order valence-corrected chi connectivity index (χ4v) is 2.79. The Labute approximate surface area is 160 Å². The number of nitrogens with one attached hydrogen (secondary N) is 1. The zero-order valence-corrected chi connectivity index (χ0v) is 15.3. The molecule has 0 radical (unpaired) electrons. The number of imidazole rings is 1. The molecule has 0 bridgehead atoms. The van der Waals surface area contributed by atoms with E-state index in [2.05, 4.69) is 15.4 Å². The van der Waals surface area contributed by atoms with Crippen LogP contribution in [0.3, 0.4) is 0 Å². The van der Waals surface area contributed by atoms with Gasteiger partial charge in [-0.1, -0.05) is 17.7 Å². The number of hydrogen-bond acceptors (Lipinski definition) is 4. The lowest BCUT2D eigenvalue weighted by molar-refractivity contribution is 0.102. The van der Waals surface area contributed by atoms with Gasteiger partial charge >= 0.3 is 0 Å². The van der Waals surface area contributed by atoms with Crippen molar-refractivity contribution in [1.82, 2.24) is 14.6 Å². The number of methoxy groups -OCH3 is 1. The summed E-state index contributed by atoms with van der Waals surface area (Å²) in [7, 11) is 1.54. The van der Waals surface area contributed by atoms with Crippen LogP contribution in [-0.4, -0.2) is 27.6 Å². The molecule has 0 aliphatic carbocycles. The van der Waals surface area contributed by atoms with Gasteiger partial charge < -0.3 is 10.1 Å². The molecule has 6 nitrogen and oxygen atoms in total. The molecule has 0 spiro atoms. The molecular weight excluding hydrogens is 359 g/mol. The molecule has 0 aliphatic heterocycles. The zero-order valence-electron chi connectivity index (χ0n) is 15.3. The van der Waals surface area contributed by atoms with Gasteiger partial charge in [0.2, 0.25) is 5.88 Å². The summed E-state index contributed by atoms with van der Waals surface area (Å²) in [6.45, 7) is 1.93. The number of anilines is 1. The molecule has 140 valence electrons. The smallest absolute Gasteiger partial charge is 0.255 e. The SMILES string of the molecule is COc1ccc2nc(-c3ccc(F)c(NC(=O)c4ccc(C)cc4)c3)cn2n1. The number of amides is 1. The predicted molar refractivity (Wildman–Crippen MR) is 104 cm³/mol. The van der Waals surface area contributed by atoms with Crippen LogP contribution in [0.1, 0.15) is 15.9 Å². The molecule has 2 heterocycles. The third-order valence-corrected chi connectivity index (χ3v) is 4.33. The van der Waals surface area contributed by atoms with Crippen LogP contribution < -0.4 is 10.1 Å². The van der Waals surface area contributed by atoms with Crippen LogP contribution in [0.2, 0.25) is 0 Å². The number of benzene rings is 2. The van der Waals surface area contributed by atoms with E-state index in [-0.39, 0.29) is 11.6 Å². The minimum absolute atomic E-state index is 0.0886. The summed E-state index contributed by atoms with van der Waals surface area (Å²) in [5, 5.41) is 6.89. The first-order valence-electron chi connectivity index (χ1n) is 8.62. The Morgan fingerprint density at radius 2 is 1.89 bits per heavy atom. The van der Waals surface area contributed by atoms with Crippen LogP contribution in [0.5, 0.6) is 5.88 Å². The van der Waals surface area contributed by atoms with E-state index in [1.54, 1.807) is 47.1 Å². The van der Waals surface area contributed by atoms with Crippen LogP contribution in [0.15, 0.2) is 60.8 Å². The van der Waals surface area contributed by atoms with Crippen molar-refractivity contribution in [2.45, 2.75) is 6.92 Å². The summed E-state index contributed by atoms with van der Waals surface area (Å²) in [5.41, 5.74) is 3.48. The van der Waals surface area contributed by atoms with Crippen LogP contribution in [0.25, 0.3) is 16.9 Å². The van der Waals surface area contributed by atoms with Gasteiger partial charge in [0.1, 0.15) is 5.82 Å². The van der Waals surface area contributed by atoms with E-state index < -0.39 is 5.82 Å². The minimum atomic E-state index is -0.521. The van der Waals surface area contributed by atoms with E-state index in [0.717, 1.165) is 5.56 Å². The molecule has 1 N–H and O–H groups in total. The van der Waals surface area contributed by atoms with Crippen molar-refractivity contribution in [3.05, 3.63) is 77.7 Å². The highest BCUT2D eigenvalue weighted by molar-refractivity contribution is 6.04. The Morgan fingerprint density at radius 1 is 1.11 bits per heavy atom. The maximum atomic E-state index is 14.3. The first-order chi connectivity index (χ1) is 13.5. The number of halogens is 1. The Kier molecular flexibility index (Phi) is 4.49. The molecular formula is C21H17FN4O2. The molecule has 7 heteroatoms. The Bertz CT molecular complexity index is 1170. The average Bonchev–Trinajstić information content (AvgIpc) is 3.13. The summed E-state index contributed by atoms with van der Waals surface area (Å²) in [6, 6.07) is 15.0.